The van der Waals surface area contributed by atoms with Crippen molar-refractivity contribution in [1.29, 1.82) is 0 Å². The number of amides is 2. The average Bonchev–Trinajstić information content (AvgIpc) is 3.24. The van der Waals surface area contributed by atoms with Gasteiger partial charge in [0.05, 0.1) is 25.5 Å². The number of hydrogen-bond donors (Lipinski definition) is 2. The molecule has 0 saturated heterocycles. The van der Waals surface area contributed by atoms with E-state index in [2.05, 4.69) is 10.6 Å². The number of benzene rings is 2. The lowest BCUT2D eigenvalue weighted by molar-refractivity contribution is 0.0941. The number of furan rings is 1. The van der Waals surface area contributed by atoms with E-state index in [9.17, 15) is 14.0 Å². The molecule has 144 valence electrons. The quantitative estimate of drug-likeness (QED) is 0.657. The topological polar surface area (TPSA) is 80.6 Å². The smallest absolute Gasteiger partial charge is 0.254 e. The summed E-state index contributed by atoms with van der Waals surface area (Å²) in [4.78, 5) is 24.5. The van der Waals surface area contributed by atoms with Crippen molar-refractivity contribution in [3.63, 3.8) is 0 Å². The van der Waals surface area contributed by atoms with Gasteiger partial charge in [-0.05, 0) is 42.0 Å². The Kier molecular flexibility index (Phi) is 6.06. The molecule has 1 aromatic heterocycles. The number of halogens is 1. The van der Waals surface area contributed by atoms with E-state index in [1.54, 1.807) is 36.4 Å². The second-order valence-corrected chi connectivity index (χ2v) is 5.99. The highest BCUT2D eigenvalue weighted by atomic mass is 19.1. The summed E-state index contributed by atoms with van der Waals surface area (Å²) in [6.07, 6.45) is 1.54. The van der Waals surface area contributed by atoms with Gasteiger partial charge in [-0.15, -0.1) is 0 Å². The van der Waals surface area contributed by atoms with E-state index in [-0.39, 0.29) is 24.6 Å². The minimum Gasteiger partial charge on any atom is -0.497 e. The Balaban J connectivity index is 1.59. The van der Waals surface area contributed by atoms with Crippen LogP contribution in [0.25, 0.3) is 0 Å². The predicted molar refractivity (Wildman–Crippen MR) is 100 cm³/mol. The van der Waals surface area contributed by atoms with Gasteiger partial charge >= 0.3 is 0 Å². The highest BCUT2D eigenvalue weighted by Crippen LogP contribution is 2.16. The average molecular weight is 382 g/mol. The van der Waals surface area contributed by atoms with E-state index < -0.39 is 11.7 Å². The molecule has 3 aromatic rings. The van der Waals surface area contributed by atoms with Crippen molar-refractivity contribution in [2.75, 3.05) is 7.11 Å². The minimum absolute atomic E-state index is 0.0758. The van der Waals surface area contributed by atoms with Gasteiger partial charge in [0.1, 0.15) is 17.3 Å². The first-order valence-corrected chi connectivity index (χ1v) is 8.58. The van der Waals surface area contributed by atoms with Crippen LogP contribution in [-0.2, 0) is 13.1 Å². The zero-order valence-electron chi connectivity index (χ0n) is 15.2. The second-order valence-electron chi connectivity index (χ2n) is 5.99. The molecule has 0 radical (unpaired) electrons. The van der Waals surface area contributed by atoms with Crippen LogP contribution in [-0.4, -0.2) is 18.9 Å². The van der Waals surface area contributed by atoms with Crippen molar-refractivity contribution < 1.29 is 23.1 Å². The fourth-order valence-electron chi connectivity index (χ4n) is 2.59. The Hall–Kier alpha value is -3.61. The molecule has 0 aliphatic heterocycles. The van der Waals surface area contributed by atoms with E-state index in [1.165, 1.54) is 25.5 Å². The standard InChI is InChI=1S/C21H19FN2O4/c1-27-16-7-8-18(19(22)11-16)21(26)23-12-14-4-2-5-15(10-14)20(25)24-13-17-6-3-9-28-17/h2-11H,12-13H2,1H3,(H,23,26)(H,24,25). The van der Waals surface area contributed by atoms with Crippen LogP contribution in [0.15, 0.2) is 65.3 Å². The van der Waals surface area contributed by atoms with Crippen LogP contribution < -0.4 is 15.4 Å². The largest absolute Gasteiger partial charge is 0.497 e. The maximum Gasteiger partial charge on any atom is 0.254 e. The van der Waals surface area contributed by atoms with Gasteiger partial charge in [0, 0.05) is 18.2 Å². The number of rotatable bonds is 7. The van der Waals surface area contributed by atoms with Crippen LogP contribution in [0.5, 0.6) is 5.75 Å². The second kappa shape index (κ2) is 8.85. The van der Waals surface area contributed by atoms with Crippen molar-refractivity contribution in [3.8, 4) is 5.75 Å². The molecule has 0 saturated carbocycles. The van der Waals surface area contributed by atoms with Crippen LogP contribution in [0, 0.1) is 5.82 Å². The summed E-state index contributed by atoms with van der Waals surface area (Å²) < 4.78 is 24.1. The van der Waals surface area contributed by atoms with Crippen LogP contribution in [0.1, 0.15) is 32.0 Å². The van der Waals surface area contributed by atoms with E-state index >= 15 is 0 Å². The normalized spacial score (nSPS) is 10.4. The van der Waals surface area contributed by atoms with Crippen molar-refractivity contribution in [2.24, 2.45) is 0 Å². The summed E-state index contributed by atoms with van der Waals surface area (Å²) in [5.74, 6) is -0.484. The van der Waals surface area contributed by atoms with Crippen molar-refractivity contribution in [2.45, 2.75) is 13.1 Å². The molecule has 3 rings (SSSR count). The third-order valence-corrected chi connectivity index (χ3v) is 4.07. The maximum absolute atomic E-state index is 14.0. The predicted octanol–water partition coefficient (Wildman–Crippen LogP) is 3.29. The molecule has 0 bridgehead atoms. The molecule has 2 N–H and O–H groups in total. The Morgan fingerprint density at radius 2 is 1.82 bits per heavy atom. The Labute approximate surface area is 161 Å². The third kappa shape index (κ3) is 4.76. The molecule has 0 aliphatic rings. The highest BCUT2D eigenvalue weighted by Gasteiger charge is 2.13. The van der Waals surface area contributed by atoms with Crippen molar-refractivity contribution >= 4 is 11.8 Å². The monoisotopic (exact) mass is 382 g/mol. The van der Waals surface area contributed by atoms with Gasteiger partial charge in [0.25, 0.3) is 11.8 Å². The van der Waals surface area contributed by atoms with Gasteiger partial charge in [-0.1, -0.05) is 12.1 Å². The summed E-state index contributed by atoms with van der Waals surface area (Å²) in [6, 6.07) is 14.4. The maximum atomic E-state index is 14.0. The molecule has 0 atom stereocenters. The molecule has 7 heteroatoms. The number of ether oxygens (including phenoxy) is 1. The molecule has 2 aromatic carbocycles. The summed E-state index contributed by atoms with van der Waals surface area (Å²) in [5.41, 5.74) is 1.09. The van der Waals surface area contributed by atoms with Gasteiger partial charge in [0.2, 0.25) is 0 Å². The number of methoxy groups -OCH3 is 1. The van der Waals surface area contributed by atoms with Crippen molar-refractivity contribution in [1.82, 2.24) is 10.6 Å². The van der Waals surface area contributed by atoms with Gasteiger partial charge in [-0.25, -0.2) is 4.39 Å². The highest BCUT2D eigenvalue weighted by molar-refractivity contribution is 5.95. The first-order chi connectivity index (χ1) is 13.6. The summed E-state index contributed by atoms with van der Waals surface area (Å²) in [6.45, 7) is 0.438. The molecule has 1 heterocycles. The summed E-state index contributed by atoms with van der Waals surface area (Å²) in [5, 5.41) is 5.40. The number of carbonyl (C=O) groups excluding carboxylic acids is 2. The van der Waals surface area contributed by atoms with E-state index in [1.807, 2.05) is 0 Å². The van der Waals surface area contributed by atoms with E-state index in [4.69, 9.17) is 9.15 Å². The molecule has 2 amide bonds. The summed E-state index contributed by atoms with van der Waals surface area (Å²) >= 11 is 0. The SMILES string of the molecule is COc1ccc(C(=O)NCc2cccc(C(=O)NCc3ccco3)c2)c(F)c1. The third-order valence-electron chi connectivity index (χ3n) is 4.07. The fraction of sp³-hybridized carbons (Fsp3) is 0.143. The summed E-state index contributed by atoms with van der Waals surface area (Å²) in [7, 11) is 1.42. The number of hydrogen-bond acceptors (Lipinski definition) is 4. The van der Waals surface area contributed by atoms with Crippen LogP contribution >= 0.6 is 0 Å². The number of carbonyl (C=O) groups is 2. The molecule has 0 aliphatic carbocycles. The van der Waals surface area contributed by atoms with Crippen LogP contribution in [0.4, 0.5) is 4.39 Å². The fourth-order valence-corrected chi connectivity index (χ4v) is 2.59. The van der Waals surface area contributed by atoms with Gasteiger partial charge in [0.15, 0.2) is 0 Å². The molecule has 28 heavy (non-hydrogen) atoms. The lowest BCUT2D eigenvalue weighted by Crippen LogP contribution is -2.25. The van der Waals surface area contributed by atoms with Crippen LogP contribution in [0.3, 0.4) is 0 Å². The Morgan fingerprint density at radius 3 is 2.54 bits per heavy atom. The van der Waals surface area contributed by atoms with Gasteiger partial charge in [-0.2, -0.15) is 0 Å². The molecule has 0 spiro atoms. The molecule has 0 fully saturated rings. The van der Waals surface area contributed by atoms with E-state index in [0.29, 0.717) is 22.6 Å². The Morgan fingerprint density at radius 1 is 1.00 bits per heavy atom. The molecule has 6 nitrogen and oxygen atoms in total. The minimum atomic E-state index is -0.664. The molecular formula is C21H19FN2O4. The molecule has 0 unspecified atom stereocenters. The zero-order chi connectivity index (χ0) is 19.9. The lowest BCUT2D eigenvalue weighted by Gasteiger charge is -2.09. The lowest BCUT2D eigenvalue weighted by atomic mass is 10.1. The van der Waals surface area contributed by atoms with Crippen LogP contribution in [0.2, 0.25) is 0 Å². The molecular weight excluding hydrogens is 363 g/mol. The van der Waals surface area contributed by atoms with Gasteiger partial charge < -0.3 is 19.8 Å². The van der Waals surface area contributed by atoms with Crippen molar-refractivity contribution in [3.05, 3.63) is 89.1 Å². The first-order valence-electron chi connectivity index (χ1n) is 8.58. The first kappa shape index (κ1) is 19.2. The van der Waals surface area contributed by atoms with E-state index in [0.717, 1.165) is 6.07 Å². The number of nitrogens with one attached hydrogen (secondary N) is 2. The van der Waals surface area contributed by atoms with Gasteiger partial charge in [-0.3, -0.25) is 9.59 Å². The zero-order valence-corrected chi connectivity index (χ0v) is 15.2. The Bertz CT molecular complexity index is 970.